The fourth-order valence-electron chi connectivity index (χ4n) is 2.80. The summed E-state index contributed by atoms with van der Waals surface area (Å²) in [7, 11) is 0. The average molecular weight is 361 g/mol. The molecule has 0 heterocycles. The van der Waals surface area contributed by atoms with Crippen LogP contribution < -0.4 is 0 Å². The zero-order valence-corrected chi connectivity index (χ0v) is 13.9. The van der Waals surface area contributed by atoms with E-state index in [1.807, 2.05) is 36.4 Å². The van der Waals surface area contributed by atoms with Crippen molar-refractivity contribution in [3.05, 3.63) is 94.0 Å². The Hall–Kier alpha value is -2.52. The number of halogens is 1. The number of hydrogen-bond acceptors (Lipinski definition) is 2. The van der Waals surface area contributed by atoms with Gasteiger partial charge in [0, 0.05) is 15.6 Å². The zero-order chi connectivity index (χ0) is 15.6. The monoisotopic (exact) mass is 360 g/mol. The summed E-state index contributed by atoms with van der Waals surface area (Å²) < 4.78 is 1.06. The Morgan fingerprint density at radius 3 is 1.74 bits per heavy atom. The van der Waals surface area contributed by atoms with Gasteiger partial charge in [-0.3, -0.25) is 0 Å². The van der Waals surface area contributed by atoms with Crippen LogP contribution in [0.3, 0.4) is 0 Å². The second-order valence-electron chi connectivity index (χ2n) is 5.34. The maximum Gasteiger partial charge on any atom is 0.101 e. The van der Waals surface area contributed by atoms with E-state index in [1.54, 1.807) is 6.21 Å². The van der Waals surface area contributed by atoms with E-state index >= 15 is 0 Å². The highest BCUT2D eigenvalue weighted by molar-refractivity contribution is 9.10. The number of fused-ring (bicyclic) bond motifs is 3. The van der Waals surface area contributed by atoms with Crippen molar-refractivity contribution >= 4 is 27.9 Å². The normalized spacial score (nSPS) is 12.3. The number of hydrogen-bond donors (Lipinski definition) is 0. The molecular formula is C20H13BrN2. The second-order valence-corrected chi connectivity index (χ2v) is 6.25. The molecule has 23 heavy (non-hydrogen) atoms. The third kappa shape index (κ3) is 2.64. The van der Waals surface area contributed by atoms with E-state index < -0.39 is 0 Å². The lowest BCUT2D eigenvalue weighted by atomic mass is 10.1. The molecule has 0 aromatic heterocycles. The van der Waals surface area contributed by atoms with Crippen molar-refractivity contribution in [3.63, 3.8) is 0 Å². The zero-order valence-electron chi connectivity index (χ0n) is 12.3. The van der Waals surface area contributed by atoms with Gasteiger partial charge in [-0.25, -0.2) is 0 Å². The summed E-state index contributed by atoms with van der Waals surface area (Å²) >= 11 is 3.43. The third-order valence-corrected chi connectivity index (χ3v) is 4.42. The average Bonchev–Trinajstić information content (AvgIpc) is 2.91. The van der Waals surface area contributed by atoms with Gasteiger partial charge in [-0.2, -0.15) is 5.10 Å². The minimum absolute atomic E-state index is 0.935. The smallest absolute Gasteiger partial charge is 0.101 e. The van der Waals surface area contributed by atoms with Crippen molar-refractivity contribution in [3.8, 4) is 11.1 Å². The van der Waals surface area contributed by atoms with E-state index in [0.29, 0.717) is 0 Å². The topological polar surface area (TPSA) is 24.7 Å². The molecule has 3 aromatic rings. The number of benzene rings is 3. The molecule has 0 spiro atoms. The lowest BCUT2D eigenvalue weighted by Crippen LogP contribution is -1.97. The molecule has 0 radical (unpaired) electrons. The van der Waals surface area contributed by atoms with E-state index in [4.69, 9.17) is 0 Å². The van der Waals surface area contributed by atoms with E-state index in [1.165, 1.54) is 11.1 Å². The van der Waals surface area contributed by atoms with Gasteiger partial charge in [0.15, 0.2) is 0 Å². The van der Waals surface area contributed by atoms with Crippen molar-refractivity contribution in [1.82, 2.24) is 0 Å². The Labute approximate surface area is 143 Å². The molecule has 2 nitrogen and oxygen atoms in total. The Kier molecular flexibility index (Phi) is 3.64. The van der Waals surface area contributed by atoms with Crippen LogP contribution in [0.15, 0.2) is 87.5 Å². The van der Waals surface area contributed by atoms with Gasteiger partial charge in [-0.05, 0) is 28.8 Å². The Morgan fingerprint density at radius 2 is 1.17 bits per heavy atom. The quantitative estimate of drug-likeness (QED) is 0.342. The lowest BCUT2D eigenvalue weighted by molar-refractivity contribution is 1.25. The first kappa shape index (κ1) is 14.1. The molecule has 1 aliphatic carbocycles. The molecule has 110 valence electrons. The predicted octanol–water partition coefficient (Wildman–Crippen LogP) is 5.30. The first-order valence-electron chi connectivity index (χ1n) is 7.39. The van der Waals surface area contributed by atoms with E-state index in [2.05, 4.69) is 62.5 Å². The lowest BCUT2D eigenvalue weighted by Gasteiger charge is -1.98. The summed E-state index contributed by atoms with van der Waals surface area (Å²) in [6.07, 6.45) is 1.78. The maximum atomic E-state index is 4.50. The Bertz CT molecular complexity index is 877. The van der Waals surface area contributed by atoms with Gasteiger partial charge in [-0.1, -0.05) is 76.6 Å². The van der Waals surface area contributed by atoms with Crippen LogP contribution in [0.1, 0.15) is 16.7 Å². The van der Waals surface area contributed by atoms with Crippen molar-refractivity contribution < 1.29 is 0 Å². The van der Waals surface area contributed by atoms with Crippen molar-refractivity contribution in [2.75, 3.05) is 0 Å². The molecule has 0 amide bonds. The van der Waals surface area contributed by atoms with Crippen LogP contribution in [0.5, 0.6) is 0 Å². The summed E-state index contributed by atoms with van der Waals surface area (Å²) in [6, 6.07) is 24.7. The van der Waals surface area contributed by atoms with Crippen molar-refractivity contribution in [1.29, 1.82) is 0 Å². The van der Waals surface area contributed by atoms with Gasteiger partial charge in [0.1, 0.15) is 5.71 Å². The van der Waals surface area contributed by atoms with Gasteiger partial charge in [0.05, 0.1) is 6.21 Å². The summed E-state index contributed by atoms with van der Waals surface area (Å²) in [5, 5.41) is 8.80. The fourth-order valence-corrected chi connectivity index (χ4v) is 3.07. The largest absolute Gasteiger partial charge is 0.158 e. The molecule has 0 bridgehead atoms. The molecule has 1 aliphatic rings. The maximum absolute atomic E-state index is 4.50. The minimum Gasteiger partial charge on any atom is -0.158 e. The highest BCUT2D eigenvalue weighted by Gasteiger charge is 2.23. The molecule has 0 N–H and O–H groups in total. The number of nitrogens with zero attached hydrogens (tertiary/aromatic N) is 2. The molecule has 0 unspecified atom stereocenters. The van der Waals surface area contributed by atoms with Gasteiger partial charge < -0.3 is 0 Å². The van der Waals surface area contributed by atoms with E-state index in [9.17, 15) is 0 Å². The fraction of sp³-hybridized carbons (Fsp3) is 0. The highest BCUT2D eigenvalue weighted by atomic mass is 79.9. The first-order chi connectivity index (χ1) is 11.3. The Morgan fingerprint density at radius 1 is 0.652 bits per heavy atom. The van der Waals surface area contributed by atoms with Crippen molar-refractivity contribution in [2.24, 2.45) is 10.2 Å². The molecule has 0 atom stereocenters. The van der Waals surface area contributed by atoms with Crippen molar-refractivity contribution in [2.45, 2.75) is 0 Å². The minimum atomic E-state index is 0.935. The Balaban J connectivity index is 1.75. The summed E-state index contributed by atoms with van der Waals surface area (Å²) in [6.45, 7) is 0. The van der Waals surface area contributed by atoms with Crippen LogP contribution >= 0.6 is 15.9 Å². The van der Waals surface area contributed by atoms with E-state index in [0.717, 1.165) is 26.9 Å². The molecule has 0 fully saturated rings. The summed E-state index contributed by atoms with van der Waals surface area (Å²) in [5.74, 6) is 0. The second kappa shape index (κ2) is 5.94. The van der Waals surface area contributed by atoms with Gasteiger partial charge in [-0.15, -0.1) is 5.10 Å². The number of rotatable bonds is 2. The van der Waals surface area contributed by atoms with Crippen LogP contribution in [0, 0.1) is 0 Å². The van der Waals surface area contributed by atoms with E-state index in [-0.39, 0.29) is 0 Å². The van der Waals surface area contributed by atoms with Gasteiger partial charge >= 0.3 is 0 Å². The third-order valence-electron chi connectivity index (χ3n) is 3.89. The van der Waals surface area contributed by atoms with Crippen LogP contribution in [-0.4, -0.2) is 11.9 Å². The van der Waals surface area contributed by atoms with Gasteiger partial charge in [0.25, 0.3) is 0 Å². The molecule has 0 saturated carbocycles. The summed E-state index contributed by atoms with van der Waals surface area (Å²) in [5.41, 5.74) is 6.69. The molecule has 3 heteroatoms. The van der Waals surface area contributed by atoms with Crippen LogP contribution in [0.25, 0.3) is 11.1 Å². The van der Waals surface area contributed by atoms with Crippen LogP contribution in [-0.2, 0) is 0 Å². The molecule has 4 rings (SSSR count). The first-order valence-corrected chi connectivity index (χ1v) is 8.18. The molecule has 3 aromatic carbocycles. The predicted molar refractivity (Wildman–Crippen MR) is 99.3 cm³/mol. The van der Waals surface area contributed by atoms with Crippen LogP contribution in [0.2, 0.25) is 0 Å². The molecule has 0 saturated heterocycles. The molecular weight excluding hydrogens is 348 g/mol. The standard InChI is InChI=1S/C20H13BrN2/c21-15-11-9-14(10-12-15)13-22-23-20-18-7-3-1-5-16(18)17-6-2-4-8-19(17)20/h1-13H/b22-13+. The summed E-state index contributed by atoms with van der Waals surface area (Å²) in [4.78, 5) is 0. The highest BCUT2D eigenvalue weighted by Crippen LogP contribution is 2.36. The van der Waals surface area contributed by atoms with Crippen LogP contribution in [0.4, 0.5) is 0 Å². The molecule has 0 aliphatic heterocycles. The van der Waals surface area contributed by atoms with Gasteiger partial charge in [0.2, 0.25) is 0 Å². The SMILES string of the molecule is Brc1ccc(/C=N/N=C2c3ccccc3-c3ccccc32)cc1.